The molecule has 0 unspecified atom stereocenters. The molecule has 0 aliphatic heterocycles. The van der Waals surface area contributed by atoms with E-state index in [0.29, 0.717) is 15.6 Å². The van der Waals surface area contributed by atoms with Gasteiger partial charge in [0, 0.05) is 20.5 Å². The van der Waals surface area contributed by atoms with Gasteiger partial charge in [0.1, 0.15) is 0 Å². The molecule has 0 radical (unpaired) electrons. The minimum absolute atomic E-state index is 0.0116. The summed E-state index contributed by atoms with van der Waals surface area (Å²) in [5, 5.41) is 5.77. The predicted molar refractivity (Wildman–Crippen MR) is 77.8 cm³/mol. The minimum Gasteiger partial charge on any atom is -0.399 e. The van der Waals surface area contributed by atoms with Crippen LogP contribution in [-0.2, 0) is 10.0 Å². The number of primary sulfonamides is 1. The molecule has 0 amide bonds. The van der Waals surface area contributed by atoms with Crippen LogP contribution >= 0.6 is 23.4 Å². The van der Waals surface area contributed by atoms with Gasteiger partial charge < -0.3 is 5.73 Å². The third kappa shape index (κ3) is 3.63. The monoisotopic (exact) mass is 314 g/mol. The highest BCUT2D eigenvalue weighted by molar-refractivity contribution is 8.00. The largest absolute Gasteiger partial charge is 0.399 e. The third-order valence-electron chi connectivity index (χ3n) is 2.30. The highest BCUT2D eigenvalue weighted by Crippen LogP contribution is 2.34. The van der Waals surface area contributed by atoms with E-state index in [4.69, 9.17) is 22.5 Å². The number of hydrogen-bond donors (Lipinski definition) is 2. The van der Waals surface area contributed by atoms with Gasteiger partial charge in [0.05, 0.1) is 4.90 Å². The van der Waals surface area contributed by atoms with Crippen molar-refractivity contribution in [2.75, 3.05) is 5.73 Å². The maximum atomic E-state index is 11.5. The third-order valence-corrected chi connectivity index (χ3v) is 4.68. The van der Waals surface area contributed by atoms with Crippen LogP contribution in [0.3, 0.4) is 0 Å². The Morgan fingerprint density at radius 2 is 1.84 bits per heavy atom. The van der Waals surface area contributed by atoms with Gasteiger partial charge in [0.25, 0.3) is 0 Å². The van der Waals surface area contributed by atoms with Crippen LogP contribution in [0.2, 0.25) is 5.02 Å². The van der Waals surface area contributed by atoms with Gasteiger partial charge in [-0.1, -0.05) is 29.4 Å². The highest BCUT2D eigenvalue weighted by Gasteiger charge is 2.15. The first-order valence-electron chi connectivity index (χ1n) is 5.22. The number of nitrogens with two attached hydrogens (primary N) is 2. The van der Waals surface area contributed by atoms with Gasteiger partial charge in [0.15, 0.2) is 0 Å². The Kier molecular flexibility index (Phi) is 4.05. The van der Waals surface area contributed by atoms with Crippen LogP contribution in [0.4, 0.5) is 5.69 Å². The van der Waals surface area contributed by atoms with Crippen molar-refractivity contribution in [3.05, 3.63) is 47.5 Å². The number of benzene rings is 2. The summed E-state index contributed by atoms with van der Waals surface area (Å²) in [4.78, 5) is 1.35. The van der Waals surface area contributed by atoms with E-state index < -0.39 is 10.0 Å². The van der Waals surface area contributed by atoms with Crippen molar-refractivity contribution < 1.29 is 8.42 Å². The molecular formula is C12H11ClN2O2S2. The van der Waals surface area contributed by atoms with Gasteiger partial charge in [-0.3, -0.25) is 0 Å². The van der Waals surface area contributed by atoms with Crippen molar-refractivity contribution in [1.29, 1.82) is 0 Å². The zero-order valence-corrected chi connectivity index (χ0v) is 12.1. The second kappa shape index (κ2) is 5.42. The molecule has 0 aromatic heterocycles. The molecule has 0 heterocycles. The van der Waals surface area contributed by atoms with Crippen LogP contribution in [0, 0.1) is 0 Å². The summed E-state index contributed by atoms with van der Waals surface area (Å²) in [6.45, 7) is 0. The Morgan fingerprint density at radius 3 is 2.47 bits per heavy atom. The maximum absolute atomic E-state index is 11.5. The molecule has 0 atom stereocenters. The first kappa shape index (κ1) is 14.2. The van der Waals surface area contributed by atoms with Gasteiger partial charge in [0.2, 0.25) is 10.0 Å². The molecule has 0 bridgehead atoms. The van der Waals surface area contributed by atoms with Gasteiger partial charge in [-0.05, 0) is 36.4 Å². The van der Waals surface area contributed by atoms with Crippen LogP contribution < -0.4 is 10.9 Å². The molecule has 0 fully saturated rings. The summed E-state index contributed by atoms with van der Waals surface area (Å²) in [6, 6.07) is 11.7. The standard InChI is InChI=1S/C12H11ClN2O2S2/c13-8-2-1-3-10(6-8)18-11-5-4-9(14)7-12(11)19(15,16)17/h1-7H,14H2,(H2,15,16,17). The summed E-state index contributed by atoms with van der Waals surface area (Å²) in [5.74, 6) is 0. The molecule has 0 saturated carbocycles. The lowest BCUT2D eigenvalue weighted by molar-refractivity contribution is 0.596. The number of nitrogen functional groups attached to an aromatic ring is 1. The van der Waals surface area contributed by atoms with E-state index in [-0.39, 0.29) is 4.90 Å². The molecule has 2 aromatic rings. The van der Waals surface area contributed by atoms with Gasteiger partial charge in [-0.25, -0.2) is 13.6 Å². The van der Waals surface area contributed by atoms with Crippen LogP contribution in [0.15, 0.2) is 57.2 Å². The van der Waals surface area contributed by atoms with Crippen molar-refractivity contribution in [2.24, 2.45) is 5.14 Å². The van der Waals surface area contributed by atoms with Gasteiger partial charge in [-0.15, -0.1) is 0 Å². The lowest BCUT2D eigenvalue weighted by atomic mass is 10.3. The zero-order valence-electron chi connectivity index (χ0n) is 9.71. The molecule has 4 nitrogen and oxygen atoms in total. The molecule has 7 heteroatoms. The van der Waals surface area contributed by atoms with Crippen LogP contribution in [-0.4, -0.2) is 8.42 Å². The highest BCUT2D eigenvalue weighted by atomic mass is 35.5. The molecule has 0 saturated heterocycles. The van der Waals surface area contributed by atoms with Crippen LogP contribution in [0.5, 0.6) is 0 Å². The lowest BCUT2D eigenvalue weighted by Gasteiger charge is -2.08. The van der Waals surface area contributed by atoms with E-state index in [1.807, 2.05) is 6.07 Å². The van der Waals surface area contributed by atoms with Crippen molar-refractivity contribution in [3.63, 3.8) is 0 Å². The molecule has 0 spiro atoms. The van der Waals surface area contributed by atoms with Crippen LogP contribution in [0.25, 0.3) is 0 Å². The number of rotatable bonds is 3. The summed E-state index contributed by atoms with van der Waals surface area (Å²) in [7, 11) is -3.82. The van der Waals surface area contributed by atoms with Gasteiger partial charge >= 0.3 is 0 Å². The Morgan fingerprint density at radius 1 is 1.11 bits per heavy atom. The number of anilines is 1. The van der Waals surface area contributed by atoms with Gasteiger partial charge in [-0.2, -0.15) is 0 Å². The first-order valence-corrected chi connectivity index (χ1v) is 7.96. The molecular weight excluding hydrogens is 304 g/mol. The number of sulfonamides is 1. The average molecular weight is 315 g/mol. The fraction of sp³-hybridized carbons (Fsp3) is 0. The summed E-state index contributed by atoms with van der Waals surface area (Å²) >= 11 is 7.15. The number of halogens is 1. The SMILES string of the molecule is Nc1ccc(Sc2cccc(Cl)c2)c(S(N)(=O)=O)c1. The van der Waals surface area contributed by atoms with E-state index in [2.05, 4.69) is 0 Å². The molecule has 19 heavy (non-hydrogen) atoms. The van der Waals surface area contributed by atoms with Crippen molar-refractivity contribution >= 4 is 39.1 Å². The molecule has 0 aliphatic carbocycles. The van der Waals surface area contributed by atoms with Crippen molar-refractivity contribution in [1.82, 2.24) is 0 Å². The summed E-state index contributed by atoms with van der Waals surface area (Å²) in [6.07, 6.45) is 0. The van der Waals surface area contributed by atoms with E-state index in [9.17, 15) is 8.42 Å². The first-order chi connectivity index (χ1) is 8.86. The lowest BCUT2D eigenvalue weighted by Crippen LogP contribution is -2.13. The normalized spacial score (nSPS) is 11.5. The summed E-state index contributed by atoms with van der Waals surface area (Å²) < 4.78 is 23.1. The van der Waals surface area contributed by atoms with E-state index >= 15 is 0 Å². The second-order valence-electron chi connectivity index (χ2n) is 3.81. The Bertz CT molecular complexity index is 717. The maximum Gasteiger partial charge on any atom is 0.239 e. The molecule has 100 valence electrons. The second-order valence-corrected chi connectivity index (χ2v) is 6.89. The predicted octanol–water partition coefficient (Wildman–Crippen LogP) is 2.72. The quantitative estimate of drug-likeness (QED) is 0.853. The molecule has 2 rings (SSSR count). The van der Waals surface area contributed by atoms with E-state index in [1.165, 1.54) is 17.8 Å². The smallest absolute Gasteiger partial charge is 0.239 e. The topological polar surface area (TPSA) is 86.2 Å². The Hall–Kier alpha value is -1.21. The Labute approximate surface area is 120 Å². The minimum atomic E-state index is -3.82. The van der Waals surface area contributed by atoms with E-state index in [0.717, 1.165) is 4.90 Å². The fourth-order valence-electron chi connectivity index (χ4n) is 1.49. The number of hydrogen-bond acceptors (Lipinski definition) is 4. The zero-order chi connectivity index (χ0) is 14.0. The molecule has 2 aromatic carbocycles. The molecule has 4 N–H and O–H groups in total. The average Bonchev–Trinajstić information content (AvgIpc) is 2.30. The summed E-state index contributed by atoms with van der Waals surface area (Å²) in [5.41, 5.74) is 5.94. The fourth-order valence-corrected chi connectivity index (χ4v) is 3.75. The Balaban J connectivity index is 2.46. The van der Waals surface area contributed by atoms with Crippen LogP contribution in [0.1, 0.15) is 0 Å². The van der Waals surface area contributed by atoms with Crippen molar-refractivity contribution in [3.8, 4) is 0 Å². The molecule has 0 aliphatic rings. The van der Waals surface area contributed by atoms with Crippen molar-refractivity contribution in [2.45, 2.75) is 14.7 Å². The van der Waals surface area contributed by atoms with E-state index in [1.54, 1.807) is 30.3 Å².